The maximum absolute atomic E-state index is 6.84. The molecular weight excluding hydrogens is 750 g/mol. The Hall–Kier alpha value is -7.33. The van der Waals surface area contributed by atoms with E-state index in [1.807, 2.05) is 18.2 Å². The summed E-state index contributed by atoms with van der Waals surface area (Å²) in [6.45, 7) is 4.26. The SMILES string of the molecule is Cc1ccc(N(c2ccccc2)c2cc(N(c3cccc(Cl)c3)c3ccc(-c4ccccc4)c(N(c4ccccc4)c4ccc(C)cc4)c3)ccc2-c2ccccc2)cc1. The number of benzene rings is 9. The van der Waals surface area contributed by atoms with Gasteiger partial charge in [0.1, 0.15) is 0 Å². The molecule has 0 aliphatic heterocycles. The van der Waals surface area contributed by atoms with Crippen LogP contribution >= 0.6 is 11.6 Å². The van der Waals surface area contributed by atoms with E-state index in [0.717, 1.165) is 73.4 Å². The molecule has 0 aliphatic rings. The molecule has 0 atom stereocenters. The minimum absolute atomic E-state index is 0.663. The molecule has 9 aromatic rings. The zero-order chi connectivity index (χ0) is 40.8. The summed E-state index contributed by atoms with van der Waals surface area (Å²) in [7, 11) is 0. The van der Waals surface area contributed by atoms with Crippen molar-refractivity contribution in [3.63, 3.8) is 0 Å². The van der Waals surface area contributed by atoms with Crippen LogP contribution in [0.5, 0.6) is 0 Å². The van der Waals surface area contributed by atoms with E-state index in [1.54, 1.807) is 0 Å². The van der Waals surface area contributed by atoms with Crippen molar-refractivity contribution in [2.75, 3.05) is 14.7 Å². The summed E-state index contributed by atoms with van der Waals surface area (Å²) in [5.41, 5.74) is 16.2. The largest absolute Gasteiger partial charge is 0.310 e. The molecule has 0 amide bonds. The highest BCUT2D eigenvalue weighted by Gasteiger charge is 2.24. The van der Waals surface area contributed by atoms with Gasteiger partial charge in [-0.05, 0) is 116 Å². The highest BCUT2D eigenvalue weighted by atomic mass is 35.5. The van der Waals surface area contributed by atoms with Crippen LogP contribution in [-0.2, 0) is 0 Å². The van der Waals surface area contributed by atoms with Gasteiger partial charge in [0.05, 0.1) is 11.4 Å². The molecule has 0 saturated carbocycles. The number of aryl methyl sites for hydroxylation is 2. The molecule has 290 valence electrons. The van der Waals surface area contributed by atoms with E-state index in [-0.39, 0.29) is 0 Å². The lowest BCUT2D eigenvalue weighted by Gasteiger charge is -2.33. The molecule has 0 aliphatic carbocycles. The van der Waals surface area contributed by atoms with Crippen molar-refractivity contribution in [2.45, 2.75) is 13.8 Å². The first-order chi connectivity index (χ1) is 29.5. The van der Waals surface area contributed by atoms with Crippen LogP contribution in [0.3, 0.4) is 0 Å². The van der Waals surface area contributed by atoms with Crippen molar-refractivity contribution in [3.8, 4) is 22.3 Å². The first-order valence-electron chi connectivity index (χ1n) is 20.3. The van der Waals surface area contributed by atoms with Gasteiger partial charge in [-0.2, -0.15) is 0 Å². The second-order valence-electron chi connectivity index (χ2n) is 15.0. The summed E-state index contributed by atoms with van der Waals surface area (Å²) >= 11 is 6.84. The Kier molecular flexibility index (Phi) is 11.0. The third-order valence-corrected chi connectivity index (χ3v) is 11.0. The highest BCUT2D eigenvalue weighted by Crippen LogP contribution is 2.48. The molecule has 0 N–H and O–H groups in total. The molecule has 0 spiro atoms. The summed E-state index contributed by atoms with van der Waals surface area (Å²) in [6.07, 6.45) is 0. The smallest absolute Gasteiger partial charge is 0.0560 e. The van der Waals surface area contributed by atoms with Gasteiger partial charge in [-0.25, -0.2) is 0 Å². The molecule has 60 heavy (non-hydrogen) atoms. The van der Waals surface area contributed by atoms with Gasteiger partial charge >= 0.3 is 0 Å². The van der Waals surface area contributed by atoms with Crippen LogP contribution in [-0.4, -0.2) is 0 Å². The summed E-state index contributed by atoms with van der Waals surface area (Å²) < 4.78 is 0. The van der Waals surface area contributed by atoms with Crippen LogP contribution < -0.4 is 14.7 Å². The Morgan fingerprint density at radius 1 is 0.283 bits per heavy atom. The predicted octanol–water partition coefficient (Wildman–Crippen LogP) is 16.7. The molecule has 0 bridgehead atoms. The number of hydrogen-bond acceptors (Lipinski definition) is 3. The normalized spacial score (nSPS) is 10.9. The zero-order valence-electron chi connectivity index (χ0n) is 33.7. The van der Waals surface area contributed by atoms with Crippen LogP contribution in [0.2, 0.25) is 5.02 Å². The third kappa shape index (κ3) is 8.04. The van der Waals surface area contributed by atoms with Gasteiger partial charge in [-0.3, -0.25) is 0 Å². The lowest BCUT2D eigenvalue weighted by Crippen LogP contribution is -2.15. The van der Waals surface area contributed by atoms with E-state index in [9.17, 15) is 0 Å². The number of rotatable bonds is 11. The number of anilines is 9. The lowest BCUT2D eigenvalue weighted by atomic mass is 9.99. The van der Waals surface area contributed by atoms with E-state index < -0.39 is 0 Å². The van der Waals surface area contributed by atoms with Crippen molar-refractivity contribution in [3.05, 3.63) is 247 Å². The summed E-state index contributed by atoms with van der Waals surface area (Å²) in [6, 6.07) is 81.8. The van der Waals surface area contributed by atoms with Crippen LogP contribution in [0.1, 0.15) is 11.1 Å². The van der Waals surface area contributed by atoms with Crippen LogP contribution in [0.25, 0.3) is 22.3 Å². The van der Waals surface area contributed by atoms with E-state index in [1.165, 1.54) is 11.1 Å². The molecule has 0 radical (unpaired) electrons. The van der Waals surface area contributed by atoms with Crippen LogP contribution in [0, 0.1) is 13.8 Å². The molecule has 0 heterocycles. The molecule has 0 aromatic heterocycles. The van der Waals surface area contributed by atoms with Crippen molar-refractivity contribution < 1.29 is 0 Å². The summed E-state index contributed by atoms with van der Waals surface area (Å²) in [5.74, 6) is 0. The van der Waals surface area contributed by atoms with E-state index >= 15 is 0 Å². The molecular formula is C56H44ClN3. The lowest BCUT2D eigenvalue weighted by molar-refractivity contribution is 1.23. The minimum atomic E-state index is 0.663. The first-order valence-corrected chi connectivity index (χ1v) is 20.7. The van der Waals surface area contributed by atoms with Gasteiger partial charge in [-0.15, -0.1) is 0 Å². The second kappa shape index (κ2) is 17.3. The molecule has 0 saturated heterocycles. The van der Waals surface area contributed by atoms with Crippen molar-refractivity contribution >= 4 is 62.8 Å². The molecule has 0 fully saturated rings. The van der Waals surface area contributed by atoms with Gasteiger partial charge < -0.3 is 14.7 Å². The number of para-hydroxylation sites is 2. The Balaban J connectivity index is 1.31. The Labute approximate surface area is 358 Å². The number of halogens is 1. The quantitative estimate of drug-likeness (QED) is 0.129. The average molecular weight is 794 g/mol. The van der Waals surface area contributed by atoms with Gasteiger partial charge in [-0.1, -0.05) is 162 Å². The van der Waals surface area contributed by atoms with Crippen molar-refractivity contribution in [1.29, 1.82) is 0 Å². The summed E-state index contributed by atoms with van der Waals surface area (Å²) in [5, 5.41) is 0.663. The predicted molar refractivity (Wildman–Crippen MR) is 256 cm³/mol. The molecule has 4 heteroatoms. The van der Waals surface area contributed by atoms with Gasteiger partial charge in [0.25, 0.3) is 0 Å². The molecule has 0 unspecified atom stereocenters. The second-order valence-corrected chi connectivity index (χ2v) is 15.4. The third-order valence-electron chi connectivity index (χ3n) is 10.8. The maximum Gasteiger partial charge on any atom is 0.0560 e. The number of nitrogens with zero attached hydrogens (tertiary/aromatic N) is 3. The Morgan fingerprint density at radius 3 is 1.02 bits per heavy atom. The van der Waals surface area contributed by atoms with Gasteiger partial charge in [0.2, 0.25) is 0 Å². The highest BCUT2D eigenvalue weighted by molar-refractivity contribution is 6.30. The zero-order valence-corrected chi connectivity index (χ0v) is 34.4. The van der Waals surface area contributed by atoms with E-state index in [0.29, 0.717) is 5.02 Å². The topological polar surface area (TPSA) is 9.72 Å². The minimum Gasteiger partial charge on any atom is -0.310 e. The monoisotopic (exact) mass is 793 g/mol. The molecule has 3 nitrogen and oxygen atoms in total. The fourth-order valence-corrected chi connectivity index (χ4v) is 8.06. The van der Waals surface area contributed by atoms with Gasteiger partial charge in [0.15, 0.2) is 0 Å². The number of hydrogen-bond donors (Lipinski definition) is 0. The van der Waals surface area contributed by atoms with Crippen molar-refractivity contribution in [1.82, 2.24) is 0 Å². The van der Waals surface area contributed by atoms with Gasteiger partial charge in [0, 0.05) is 56.0 Å². The first kappa shape index (κ1) is 38.2. The Bertz CT molecular complexity index is 2650. The molecule has 9 aromatic carbocycles. The summed E-state index contributed by atoms with van der Waals surface area (Å²) in [4.78, 5) is 7.04. The fourth-order valence-electron chi connectivity index (χ4n) is 7.87. The van der Waals surface area contributed by atoms with Crippen LogP contribution in [0.15, 0.2) is 231 Å². The molecule has 9 rings (SSSR count). The van der Waals surface area contributed by atoms with E-state index in [2.05, 4.69) is 241 Å². The van der Waals surface area contributed by atoms with Crippen molar-refractivity contribution in [2.24, 2.45) is 0 Å². The standard InChI is InChI=1S/C56H44ClN3/c1-41-26-30-48(31-27-41)59(46-21-11-5-12-22-46)55-39-51(34-36-53(55)43-16-7-3-8-17-43)58(50-25-15-20-45(57)38-50)52-35-37-54(44-18-9-4-10-19-44)56(40-52)60(47-23-13-6-14-24-47)49-32-28-42(2)29-33-49/h3-40H,1-2H3. The van der Waals surface area contributed by atoms with E-state index in [4.69, 9.17) is 11.6 Å². The average Bonchev–Trinajstić information content (AvgIpc) is 3.30. The Morgan fingerprint density at radius 2 is 0.617 bits per heavy atom. The van der Waals surface area contributed by atoms with Crippen LogP contribution in [0.4, 0.5) is 51.2 Å². The maximum atomic E-state index is 6.84. The fraction of sp³-hybridized carbons (Fsp3) is 0.0357.